The van der Waals surface area contributed by atoms with Gasteiger partial charge in [0.05, 0.1) is 21.8 Å². The lowest BCUT2D eigenvalue weighted by Gasteiger charge is -2.23. The van der Waals surface area contributed by atoms with E-state index < -0.39 is 23.2 Å². The molecule has 0 radical (unpaired) electrons. The largest absolute Gasteiger partial charge is 0.416 e. The average Bonchev–Trinajstić information content (AvgIpc) is 2.79. The summed E-state index contributed by atoms with van der Waals surface area (Å²) in [5.41, 5.74) is 4.00. The van der Waals surface area contributed by atoms with Crippen LogP contribution in [0.15, 0.2) is 18.2 Å². The monoisotopic (exact) mass is 306 g/mol. The van der Waals surface area contributed by atoms with E-state index in [9.17, 15) is 18.0 Å². The van der Waals surface area contributed by atoms with E-state index in [1.165, 1.54) is 0 Å². The molecular weight excluding hydrogens is 293 g/mol. The van der Waals surface area contributed by atoms with E-state index in [2.05, 4.69) is 5.32 Å². The number of halogens is 4. The molecule has 20 heavy (non-hydrogen) atoms. The summed E-state index contributed by atoms with van der Waals surface area (Å²) < 4.78 is 37.9. The number of alkyl halides is 3. The zero-order valence-electron chi connectivity index (χ0n) is 10.6. The molecule has 1 aromatic carbocycles. The third kappa shape index (κ3) is 3.07. The minimum absolute atomic E-state index is 0.0490. The van der Waals surface area contributed by atoms with Gasteiger partial charge in [0.15, 0.2) is 0 Å². The highest BCUT2D eigenvalue weighted by Crippen LogP contribution is 2.35. The molecule has 0 atom stereocenters. The van der Waals surface area contributed by atoms with Crippen LogP contribution in [0.4, 0.5) is 18.9 Å². The topological polar surface area (TPSA) is 55.1 Å². The molecule has 0 unspecified atom stereocenters. The van der Waals surface area contributed by atoms with Crippen LogP contribution in [0.1, 0.15) is 31.2 Å². The Bertz CT molecular complexity index is 525. The Morgan fingerprint density at radius 3 is 2.45 bits per heavy atom. The normalized spacial score (nSPS) is 18.1. The van der Waals surface area contributed by atoms with Gasteiger partial charge in [-0.3, -0.25) is 4.79 Å². The van der Waals surface area contributed by atoms with Gasteiger partial charge in [0, 0.05) is 0 Å². The van der Waals surface area contributed by atoms with E-state index in [0.29, 0.717) is 12.8 Å². The van der Waals surface area contributed by atoms with Crippen LogP contribution in [0.3, 0.4) is 0 Å². The van der Waals surface area contributed by atoms with E-state index in [-0.39, 0.29) is 10.7 Å². The highest BCUT2D eigenvalue weighted by molar-refractivity contribution is 6.33. The van der Waals surface area contributed by atoms with Crippen molar-refractivity contribution in [1.29, 1.82) is 0 Å². The fourth-order valence-corrected chi connectivity index (χ4v) is 2.44. The summed E-state index contributed by atoms with van der Waals surface area (Å²) in [6.45, 7) is 0. The zero-order chi connectivity index (χ0) is 15.0. The van der Waals surface area contributed by atoms with Crippen LogP contribution < -0.4 is 11.1 Å². The summed E-state index contributed by atoms with van der Waals surface area (Å²) in [7, 11) is 0. The van der Waals surface area contributed by atoms with Crippen molar-refractivity contribution in [3.63, 3.8) is 0 Å². The number of hydrogen-bond donors (Lipinski definition) is 2. The first kappa shape index (κ1) is 15.1. The average molecular weight is 307 g/mol. The maximum Gasteiger partial charge on any atom is 0.416 e. The molecule has 110 valence electrons. The summed E-state index contributed by atoms with van der Waals surface area (Å²) in [6.07, 6.45) is -1.77. The Hall–Kier alpha value is -1.27. The van der Waals surface area contributed by atoms with Crippen LogP contribution in [0.5, 0.6) is 0 Å². The van der Waals surface area contributed by atoms with Gasteiger partial charge in [-0.05, 0) is 31.0 Å². The fraction of sp³-hybridized carbons (Fsp3) is 0.462. The molecule has 1 amide bonds. The second-order valence-corrected chi connectivity index (χ2v) is 5.42. The van der Waals surface area contributed by atoms with E-state index in [0.717, 1.165) is 31.0 Å². The molecular formula is C13H14ClF3N2O. The van der Waals surface area contributed by atoms with Crippen LogP contribution in [-0.2, 0) is 11.0 Å². The summed E-state index contributed by atoms with van der Waals surface area (Å²) in [5, 5.41) is 2.46. The second kappa shape index (κ2) is 5.26. The van der Waals surface area contributed by atoms with Gasteiger partial charge >= 0.3 is 6.18 Å². The Morgan fingerprint density at radius 2 is 1.90 bits per heavy atom. The van der Waals surface area contributed by atoms with Crippen molar-refractivity contribution in [2.24, 2.45) is 5.73 Å². The van der Waals surface area contributed by atoms with E-state index in [1.807, 2.05) is 0 Å². The molecule has 0 heterocycles. The number of carbonyl (C=O) groups excluding carboxylic acids is 1. The first-order chi connectivity index (χ1) is 9.22. The third-order valence-corrected chi connectivity index (χ3v) is 3.82. The maximum atomic E-state index is 12.6. The van der Waals surface area contributed by atoms with Crippen LogP contribution in [0.2, 0.25) is 5.02 Å². The van der Waals surface area contributed by atoms with Crippen molar-refractivity contribution >= 4 is 23.2 Å². The summed E-state index contributed by atoms with van der Waals surface area (Å²) in [6, 6.07) is 2.79. The Labute approximate surface area is 119 Å². The van der Waals surface area contributed by atoms with Crippen LogP contribution in [0, 0.1) is 0 Å². The second-order valence-electron chi connectivity index (χ2n) is 5.01. The van der Waals surface area contributed by atoms with Crippen molar-refractivity contribution in [3.05, 3.63) is 28.8 Å². The SMILES string of the molecule is NC1(C(=O)Nc2cc(C(F)(F)F)ccc2Cl)CCCC1. The molecule has 1 aliphatic rings. The molecule has 1 aromatic rings. The van der Waals surface area contributed by atoms with E-state index in [1.54, 1.807) is 0 Å². The Morgan fingerprint density at radius 1 is 1.30 bits per heavy atom. The molecule has 2 rings (SSSR count). The van der Waals surface area contributed by atoms with Crippen molar-refractivity contribution in [1.82, 2.24) is 0 Å². The summed E-state index contributed by atoms with van der Waals surface area (Å²) >= 11 is 5.82. The number of amides is 1. The minimum atomic E-state index is -4.49. The third-order valence-electron chi connectivity index (χ3n) is 3.49. The highest BCUT2D eigenvalue weighted by atomic mass is 35.5. The summed E-state index contributed by atoms with van der Waals surface area (Å²) in [4.78, 5) is 12.1. The van der Waals surface area contributed by atoms with Gasteiger partial charge in [-0.15, -0.1) is 0 Å². The zero-order valence-corrected chi connectivity index (χ0v) is 11.3. The van der Waals surface area contributed by atoms with Crippen LogP contribution in [0.25, 0.3) is 0 Å². The number of anilines is 1. The van der Waals surface area contributed by atoms with E-state index >= 15 is 0 Å². The van der Waals surface area contributed by atoms with Gasteiger partial charge < -0.3 is 11.1 Å². The predicted octanol–water partition coefficient (Wildman–Crippen LogP) is 3.57. The first-order valence-corrected chi connectivity index (χ1v) is 6.57. The molecule has 0 aromatic heterocycles. The molecule has 7 heteroatoms. The Balaban J connectivity index is 2.22. The molecule has 1 aliphatic carbocycles. The maximum absolute atomic E-state index is 12.6. The van der Waals surface area contributed by atoms with Gasteiger partial charge in [-0.25, -0.2) is 0 Å². The van der Waals surface area contributed by atoms with Crippen LogP contribution >= 0.6 is 11.6 Å². The van der Waals surface area contributed by atoms with Crippen molar-refractivity contribution in [2.75, 3.05) is 5.32 Å². The number of benzene rings is 1. The minimum Gasteiger partial charge on any atom is -0.323 e. The van der Waals surface area contributed by atoms with Gasteiger partial charge in [0.25, 0.3) is 0 Å². The van der Waals surface area contributed by atoms with E-state index in [4.69, 9.17) is 17.3 Å². The predicted molar refractivity (Wildman–Crippen MR) is 70.5 cm³/mol. The molecule has 0 aliphatic heterocycles. The summed E-state index contributed by atoms with van der Waals surface area (Å²) in [5.74, 6) is -0.490. The lowest BCUT2D eigenvalue weighted by atomic mass is 9.98. The quantitative estimate of drug-likeness (QED) is 0.877. The number of carbonyl (C=O) groups is 1. The number of nitrogens with two attached hydrogens (primary N) is 1. The highest BCUT2D eigenvalue weighted by Gasteiger charge is 2.37. The smallest absolute Gasteiger partial charge is 0.323 e. The van der Waals surface area contributed by atoms with Gasteiger partial charge in [0.2, 0.25) is 5.91 Å². The van der Waals surface area contributed by atoms with Gasteiger partial charge in [0.1, 0.15) is 0 Å². The van der Waals surface area contributed by atoms with Crippen LogP contribution in [-0.4, -0.2) is 11.4 Å². The molecule has 3 N–H and O–H groups in total. The van der Waals surface area contributed by atoms with Crippen molar-refractivity contribution < 1.29 is 18.0 Å². The first-order valence-electron chi connectivity index (χ1n) is 6.19. The molecule has 0 bridgehead atoms. The number of hydrogen-bond acceptors (Lipinski definition) is 2. The molecule has 0 saturated heterocycles. The number of nitrogens with one attached hydrogen (secondary N) is 1. The fourth-order valence-electron chi connectivity index (χ4n) is 2.28. The van der Waals surface area contributed by atoms with Gasteiger partial charge in [-0.2, -0.15) is 13.2 Å². The van der Waals surface area contributed by atoms with Crippen molar-refractivity contribution in [2.45, 2.75) is 37.4 Å². The standard InChI is InChI=1S/C13H14ClF3N2O/c14-9-4-3-8(13(15,16)17)7-10(9)19-11(20)12(18)5-1-2-6-12/h3-4,7H,1-2,5-6,18H2,(H,19,20). The molecule has 3 nitrogen and oxygen atoms in total. The number of rotatable bonds is 2. The molecule has 1 fully saturated rings. The van der Waals surface area contributed by atoms with Crippen molar-refractivity contribution in [3.8, 4) is 0 Å². The lowest BCUT2D eigenvalue weighted by molar-refractivity contribution is -0.137. The lowest BCUT2D eigenvalue weighted by Crippen LogP contribution is -2.48. The molecule has 1 saturated carbocycles. The van der Waals surface area contributed by atoms with Gasteiger partial charge in [-0.1, -0.05) is 24.4 Å². The Kier molecular flexibility index (Phi) is 3.97. The molecule has 0 spiro atoms.